The third-order valence-corrected chi connectivity index (χ3v) is 3.98. The molecule has 0 aromatic carbocycles. The van der Waals surface area contributed by atoms with Crippen LogP contribution in [0.25, 0.3) is 0 Å². The molecule has 0 atom stereocenters. The molecule has 0 spiro atoms. The Morgan fingerprint density at radius 1 is 1.63 bits per heavy atom. The van der Waals surface area contributed by atoms with E-state index in [-0.39, 0.29) is 17.1 Å². The van der Waals surface area contributed by atoms with Gasteiger partial charge in [-0.25, -0.2) is 4.98 Å². The van der Waals surface area contributed by atoms with Crippen LogP contribution in [0.15, 0.2) is 28.2 Å². The number of nitrogens with one attached hydrogen (secondary N) is 1. The van der Waals surface area contributed by atoms with Crippen molar-refractivity contribution >= 4 is 38.8 Å². The van der Waals surface area contributed by atoms with E-state index in [0.29, 0.717) is 6.54 Å². The van der Waals surface area contributed by atoms with E-state index in [1.54, 1.807) is 6.07 Å². The van der Waals surface area contributed by atoms with Crippen LogP contribution in [0, 0.1) is 21.4 Å². The van der Waals surface area contributed by atoms with Crippen molar-refractivity contribution in [3.63, 3.8) is 0 Å². The van der Waals surface area contributed by atoms with E-state index >= 15 is 0 Å². The standard InChI is InChI=1S/C11H7BrN4O2S/c12-8-3-9(19-6-8)5-15-11-10(16(17)18)7(4-13)1-2-14-11/h1-3,6H,5H2,(H,14,15). The third kappa shape index (κ3) is 3.07. The molecule has 8 heteroatoms. The van der Waals surface area contributed by atoms with Crippen LogP contribution in [-0.4, -0.2) is 9.91 Å². The Labute approximate surface area is 121 Å². The van der Waals surface area contributed by atoms with Crippen LogP contribution in [0.4, 0.5) is 11.5 Å². The monoisotopic (exact) mass is 338 g/mol. The van der Waals surface area contributed by atoms with Crippen molar-refractivity contribution in [1.29, 1.82) is 5.26 Å². The molecular weight excluding hydrogens is 332 g/mol. The number of halogens is 1. The smallest absolute Gasteiger partial charge is 0.328 e. The number of rotatable bonds is 4. The first-order chi connectivity index (χ1) is 9.11. The molecule has 2 rings (SSSR count). The van der Waals surface area contributed by atoms with Crippen molar-refractivity contribution in [2.75, 3.05) is 5.32 Å². The summed E-state index contributed by atoms with van der Waals surface area (Å²) >= 11 is 4.86. The minimum atomic E-state index is -0.599. The number of nitro groups is 1. The average molecular weight is 339 g/mol. The van der Waals surface area contributed by atoms with Crippen LogP contribution in [-0.2, 0) is 6.54 Å². The average Bonchev–Trinajstić information content (AvgIpc) is 2.81. The first kappa shape index (κ1) is 13.5. The van der Waals surface area contributed by atoms with E-state index in [9.17, 15) is 10.1 Å². The number of anilines is 1. The molecule has 2 heterocycles. The molecule has 6 nitrogen and oxygen atoms in total. The first-order valence-corrected chi connectivity index (χ1v) is 6.79. The zero-order valence-electron chi connectivity index (χ0n) is 9.46. The van der Waals surface area contributed by atoms with Crippen LogP contribution in [0.1, 0.15) is 10.4 Å². The summed E-state index contributed by atoms with van der Waals surface area (Å²) in [5.41, 5.74) is -0.296. The zero-order chi connectivity index (χ0) is 13.8. The van der Waals surface area contributed by atoms with Crippen molar-refractivity contribution in [3.05, 3.63) is 48.7 Å². The fraction of sp³-hybridized carbons (Fsp3) is 0.0909. The zero-order valence-corrected chi connectivity index (χ0v) is 11.9. The fourth-order valence-corrected chi connectivity index (χ4v) is 2.87. The number of thiophene rings is 1. The highest BCUT2D eigenvalue weighted by molar-refractivity contribution is 9.10. The fourth-order valence-electron chi connectivity index (χ4n) is 1.48. The predicted molar refractivity (Wildman–Crippen MR) is 75.0 cm³/mol. The van der Waals surface area contributed by atoms with E-state index in [1.807, 2.05) is 11.4 Å². The first-order valence-electron chi connectivity index (χ1n) is 5.12. The molecule has 2 aromatic heterocycles. The van der Waals surface area contributed by atoms with Gasteiger partial charge in [-0.1, -0.05) is 0 Å². The Hall–Kier alpha value is -1.98. The van der Waals surface area contributed by atoms with E-state index in [2.05, 4.69) is 26.2 Å². The lowest BCUT2D eigenvalue weighted by atomic mass is 10.2. The molecule has 1 N–H and O–H groups in total. The van der Waals surface area contributed by atoms with E-state index in [4.69, 9.17) is 5.26 Å². The minimum Gasteiger partial charge on any atom is -0.359 e. The van der Waals surface area contributed by atoms with Crippen LogP contribution >= 0.6 is 27.3 Å². The van der Waals surface area contributed by atoms with Gasteiger partial charge in [0.05, 0.1) is 11.5 Å². The molecule has 0 unspecified atom stereocenters. The van der Waals surface area contributed by atoms with Gasteiger partial charge < -0.3 is 5.32 Å². The number of pyridine rings is 1. The van der Waals surface area contributed by atoms with Gasteiger partial charge in [0.25, 0.3) is 0 Å². The molecular formula is C11H7BrN4O2S. The Bertz CT molecular complexity index is 665. The normalized spacial score (nSPS) is 9.89. The maximum Gasteiger partial charge on any atom is 0.328 e. The van der Waals surface area contributed by atoms with Gasteiger partial charge in [0.2, 0.25) is 5.82 Å². The maximum absolute atomic E-state index is 11.0. The van der Waals surface area contributed by atoms with Gasteiger partial charge in [-0.3, -0.25) is 10.1 Å². The van der Waals surface area contributed by atoms with Gasteiger partial charge in [0, 0.05) is 20.9 Å². The summed E-state index contributed by atoms with van der Waals surface area (Å²) in [6.45, 7) is 0.416. The third-order valence-electron chi connectivity index (χ3n) is 2.28. The molecule has 0 fully saturated rings. The summed E-state index contributed by atoms with van der Waals surface area (Å²) < 4.78 is 0.961. The van der Waals surface area contributed by atoms with Gasteiger partial charge in [-0.2, -0.15) is 5.26 Å². The molecule has 0 aliphatic carbocycles. The Morgan fingerprint density at radius 3 is 3.00 bits per heavy atom. The van der Waals surface area contributed by atoms with Crippen molar-refractivity contribution in [3.8, 4) is 6.07 Å². The lowest BCUT2D eigenvalue weighted by Crippen LogP contribution is -2.05. The second kappa shape index (κ2) is 5.77. The molecule has 0 amide bonds. The molecule has 0 saturated heterocycles. The van der Waals surface area contributed by atoms with Crippen molar-refractivity contribution in [2.45, 2.75) is 6.54 Å². The summed E-state index contributed by atoms with van der Waals surface area (Å²) in [5, 5.41) is 24.7. The van der Waals surface area contributed by atoms with Crippen molar-refractivity contribution in [2.24, 2.45) is 0 Å². The second-order valence-electron chi connectivity index (χ2n) is 3.51. The van der Waals surface area contributed by atoms with E-state index in [0.717, 1.165) is 9.35 Å². The van der Waals surface area contributed by atoms with Crippen LogP contribution in [0.2, 0.25) is 0 Å². The molecule has 0 aliphatic rings. The molecule has 19 heavy (non-hydrogen) atoms. The molecule has 0 aliphatic heterocycles. The number of aromatic nitrogens is 1. The lowest BCUT2D eigenvalue weighted by molar-refractivity contribution is -0.384. The maximum atomic E-state index is 11.0. The Morgan fingerprint density at radius 2 is 2.42 bits per heavy atom. The summed E-state index contributed by atoms with van der Waals surface area (Å²) in [6, 6.07) is 5.03. The topological polar surface area (TPSA) is 91.8 Å². The Kier molecular flexibility index (Phi) is 4.09. The van der Waals surface area contributed by atoms with Crippen molar-refractivity contribution in [1.82, 2.24) is 4.98 Å². The molecule has 2 aromatic rings. The van der Waals surface area contributed by atoms with Gasteiger partial charge in [-0.05, 0) is 28.1 Å². The summed E-state index contributed by atoms with van der Waals surface area (Å²) in [5.74, 6) is 0.105. The quantitative estimate of drug-likeness (QED) is 0.682. The molecule has 0 bridgehead atoms. The lowest BCUT2D eigenvalue weighted by Gasteiger charge is -2.05. The minimum absolute atomic E-state index is 0.00476. The Balaban J connectivity index is 2.25. The summed E-state index contributed by atoms with van der Waals surface area (Å²) in [7, 11) is 0. The van der Waals surface area contributed by atoms with Gasteiger partial charge in [-0.15, -0.1) is 11.3 Å². The SMILES string of the molecule is N#Cc1ccnc(NCc2cc(Br)cs2)c1[N+](=O)[O-]. The van der Waals surface area contributed by atoms with E-state index in [1.165, 1.54) is 23.6 Å². The van der Waals surface area contributed by atoms with Crippen LogP contribution in [0.5, 0.6) is 0 Å². The number of hydrogen-bond acceptors (Lipinski definition) is 6. The summed E-state index contributed by atoms with van der Waals surface area (Å²) in [6.07, 6.45) is 1.37. The molecule has 0 radical (unpaired) electrons. The summed E-state index contributed by atoms with van der Waals surface area (Å²) in [4.78, 5) is 15.3. The van der Waals surface area contributed by atoms with E-state index < -0.39 is 4.92 Å². The van der Waals surface area contributed by atoms with Crippen molar-refractivity contribution < 1.29 is 4.92 Å². The van der Waals surface area contributed by atoms with Crippen LogP contribution in [0.3, 0.4) is 0 Å². The number of hydrogen-bond donors (Lipinski definition) is 1. The number of nitriles is 1. The van der Waals surface area contributed by atoms with Gasteiger partial charge >= 0.3 is 5.69 Å². The largest absolute Gasteiger partial charge is 0.359 e. The highest BCUT2D eigenvalue weighted by Gasteiger charge is 2.20. The van der Waals surface area contributed by atoms with Gasteiger partial charge in [0.15, 0.2) is 0 Å². The molecule has 96 valence electrons. The van der Waals surface area contributed by atoms with Gasteiger partial charge in [0.1, 0.15) is 11.6 Å². The molecule has 0 saturated carbocycles. The number of nitrogens with zero attached hydrogens (tertiary/aromatic N) is 3. The highest BCUT2D eigenvalue weighted by Crippen LogP contribution is 2.27. The van der Waals surface area contributed by atoms with Crippen LogP contribution < -0.4 is 5.32 Å². The highest BCUT2D eigenvalue weighted by atomic mass is 79.9. The second-order valence-corrected chi connectivity index (χ2v) is 5.42. The predicted octanol–water partition coefficient (Wildman–Crippen LogP) is 3.30.